The topological polar surface area (TPSA) is 12.0 Å². The van der Waals surface area contributed by atoms with Crippen LogP contribution in [0.25, 0.3) is 0 Å². The summed E-state index contributed by atoms with van der Waals surface area (Å²) in [4.78, 5) is 0. The lowest BCUT2D eigenvalue weighted by Crippen LogP contribution is -2.25. The molecule has 1 aliphatic carbocycles. The molecule has 0 aromatic heterocycles. The highest BCUT2D eigenvalue weighted by Crippen LogP contribution is 2.47. The van der Waals surface area contributed by atoms with Gasteiger partial charge >= 0.3 is 0 Å². The van der Waals surface area contributed by atoms with E-state index in [1.54, 1.807) is 0 Å². The van der Waals surface area contributed by atoms with Gasteiger partial charge in [-0.25, -0.2) is 0 Å². The summed E-state index contributed by atoms with van der Waals surface area (Å²) in [7, 11) is 0. The maximum atomic E-state index is 3.64. The molecule has 1 saturated carbocycles. The van der Waals surface area contributed by atoms with E-state index in [2.05, 4.69) is 49.5 Å². The highest BCUT2D eigenvalue weighted by atomic mass is 14.9. The van der Waals surface area contributed by atoms with Crippen molar-refractivity contribution in [1.29, 1.82) is 0 Å². The van der Waals surface area contributed by atoms with Gasteiger partial charge < -0.3 is 5.32 Å². The van der Waals surface area contributed by atoms with Gasteiger partial charge in [-0.15, -0.1) is 0 Å². The highest BCUT2D eigenvalue weighted by Gasteiger charge is 2.39. The van der Waals surface area contributed by atoms with Crippen LogP contribution in [-0.4, -0.2) is 13.1 Å². The van der Waals surface area contributed by atoms with Gasteiger partial charge in [-0.2, -0.15) is 0 Å². The first-order valence-corrected chi connectivity index (χ1v) is 7.01. The van der Waals surface area contributed by atoms with E-state index in [1.807, 2.05) is 0 Å². The molecule has 0 heterocycles. The van der Waals surface area contributed by atoms with Gasteiger partial charge in [0, 0.05) is 6.54 Å². The molecule has 17 heavy (non-hydrogen) atoms. The van der Waals surface area contributed by atoms with Gasteiger partial charge in [-0.3, -0.25) is 0 Å². The summed E-state index contributed by atoms with van der Waals surface area (Å²) in [6.07, 6.45) is 5.45. The maximum absolute atomic E-state index is 3.64. The lowest BCUT2D eigenvalue weighted by molar-refractivity contribution is 0.436. The van der Waals surface area contributed by atoms with Crippen LogP contribution in [0.15, 0.2) is 30.3 Å². The van der Waals surface area contributed by atoms with Crippen LogP contribution in [0.1, 0.15) is 51.0 Å². The lowest BCUT2D eigenvalue weighted by atomic mass is 9.97. The van der Waals surface area contributed by atoms with Crippen molar-refractivity contribution < 1.29 is 0 Å². The summed E-state index contributed by atoms with van der Waals surface area (Å²) >= 11 is 0. The zero-order valence-electron chi connectivity index (χ0n) is 11.2. The van der Waals surface area contributed by atoms with Crippen LogP contribution in [0.2, 0.25) is 0 Å². The van der Waals surface area contributed by atoms with Crippen LogP contribution in [0.5, 0.6) is 0 Å². The van der Waals surface area contributed by atoms with Crippen LogP contribution < -0.4 is 5.32 Å². The van der Waals surface area contributed by atoms with Crippen molar-refractivity contribution in [3.05, 3.63) is 35.9 Å². The predicted molar refractivity (Wildman–Crippen MR) is 74.3 cm³/mol. The van der Waals surface area contributed by atoms with Crippen LogP contribution in [0, 0.1) is 5.41 Å². The molecule has 0 bridgehead atoms. The zero-order chi connectivity index (χ0) is 12.1. The monoisotopic (exact) mass is 231 g/mol. The van der Waals surface area contributed by atoms with E-state index in [1.165, 1.54) is 37.8 Å². The second kappa shape index (κ2) is 5.68. The fourth-order valence-electron chi connectivity index (χ4n) is 2.45. The van der Waals surface area contributed by atoms with Gasteiger partial charge in [-0.1, -0.05) is 44.2 Å². The fourth-order valence-corrected chi connectivity index (χ4v) is 2.45. The molecule has 1 aliphatic rings. The molecule has 0 spiro atoms. The SMILES string of the molecule is CCC1(CNCCC(C)c2ccccc2)CC1. The van der Waals surface area contributed by atoms with Gasteiger partial charge in [0.2, 0.25) is 0 Å². The van der Waals surface area contributed by atoms with E-state index in [4.69, 9.17) is 0 Å². The smallest absolute Gasteiger partial charge is 0.000771 e. The van der Waals surface area contributed by atoms with E-state index >= 15 is 0 Å². The Morgan fingerprint density at radius 3 is 2.53 bits per heavy atom. The molecule has 0 radical (unpaired) electrons. The Labute approximate surface area is 106 Å². The second-order valence-electron chi connectivity index (χ2n) is 5.63. The molecule has 0 saturated heterocycles. The van der Waals surface area contributed by atoms with Crippen molar-refractivity contribution in [2.75, 3.05) is 13.1 Å². The van der Waals surface area contributed by atoms with Gasteiger partial charge in [0.25, 0.3) is 0 Å². The molecule has 94 valence electrons. The summed E-state index contributed by atoms with van der Waals surface area (Å²) < 4.78 is 0. The van der Waals surface area contributed by atoms with Gasteiger partial charge in [0.05, 0.1) is 0 Å². The summed E-state index contributed by atoms with van der Waals surface area (Å²) in [5.41, 5.74) is 2.14. The molecule has 1 heteroatoms. The second-order valence-corrected chi connectivity index (χ2v) is 5.63. The van der Waals surface area contributed by atoms with E-state index in [0.717, 1.165) is 6.54 Å². The van der Waals surface area contributed by atoms with E-state index in [-0.39, 0.29) is 0 Å². The normalized spacial score (nSPS) is 18.9. The van der Waals surface area contributed by atoms with Crippen molar-refractivity contribution >= 4 is 0 Å². The van der Waals surface area contributed by atoms with Crippen LogP contribution >= 0.6 is 0 Å². The molecule has 2 rings (SSSR count). The minimum atomic E-state index is 0.667. The number of nitrogens with one attached hydrogen (secondary N) is 1. The number of hydrogen-bond donors (Lipinski definition) is 1. The van der Waals surface area contributed by atoms with E-state index in [0.29, 0.717) is 11.3 Å². The lowest BCUT2D eigenvalue weighted by Gasteiger charge is -2.16. The number of benzene rings is 1. The number of hydrogen-bond acceptors (Lipinski definition) is 1. The Balaban J connectivity index is 1.65. The Morgan fingerprint density at radius 1 is 1.24 bits per heavy atom. The van der Waals surface area contributed by atoms with Crippen molar-refractivity contribution in [3.63, 3.8) is 0 Å². The van der Waals surface area contributed by atoms with E-state index < -0.39 is 0 Å². The van der Waals surface area contributed by atoms with Crippen molar-refractivity contribution in [2.24, 2.45) is 5.41 Å². The minimum Gasteiger partial charge on any atom is -0.316 e. The summed E-state index contributed by atoms with van der Waals surface area (Å²) in [6, 6.07) is 10.8. The molecule has 1 aromatic rings. The average molecular weight is 231 g/mol. The third-order valence-electron chi connectivity index (χ3n) is 4.33. The van der Waals surface area contributed by atoms with Gasteiger partial charge in [-0.05, 0) is 49.1 Å². The summed E-state index contributed by atoms with van der Waals surface area (Å²) in [6.45, 7) is 7.02. The van der Waals surface area contributed by atoms with Crippen LogP contribution in [-0.2, 0) is 0 Å². The molecular formula is C16H25N. The van der Waals surface area contributed by atoms with E-state index in [9.17, 15) is 0 Å². The van der Waals surface area contributed by atoms with Crippen molar-refractivity contribution in [3.8, 4) is 0 Å². The molecule has 1 N–H and O–H groups in total. The first-order chi connectivity index (χ1) is 8.26. The standard InChI is InChI=1S/C16H25N/c1-3-16(10-11-16)13-17-12-9-14(2)15-7-5-4-6-8-15/h4-8,14,17H,3,9-13H2,1-2H3. The molecule has 1 unspecified atom stereocenters. The highest BCUT2D eigenvalue weighted by molar-refractivity contribution is 5.18. The largest absolute Gasteiger partial charge is 0.316 e. The Bertz CT molecular complexity index is 327. The molecule has 1 aromatic carbocycles. The third kappa shape index (κ3) is 3.57. The molecule has 0 amide bonds. The minimum absolute atomic E-state index is 0.667. The van der Waals surface area contributed by atoms with Crippen molar-refractivity contribution in [1.82, 2.24) is 5.32 Å². The molecule has 1 fully saturated rings. The number of rotatable bonds is 7. The Hall–Kier alpha value is -0.820. The molecule has 1 atom stereocenters. The first-order valence-electron chi connectivity index (χ1n) is 7.01. The molecule has 0 aliphatic heterocycles. The maximum Gasteiger partial charge on any atom is 0.000771 e. The Kier molecular flexibility index (Phi) is 4.22. The molecular weight excluding hydrogens is 206 g/mol. The van der Waals surface area contributed by atoms with Gasteiger partial charge in [0.1, 0.15) is 0 Å². The van der Waals surface area contributed by atoms with Crippen LogP contribution in [0.3, 0.4) is 0 Å². The quantitative estimate of drug-likeness (QED) is 0.700. The zero-order valence-corrected chi connectivity index (χ0v) is 11.2. The fraction of sp³-hybridized carbons (Fsp3) is 0.625. The predicted octanol–water partition coefficient (Wildman–Crippen LogP) is 3.96. The summed E-state index contributed by atoms with van der Waals surface area (Å²) in [5.74, 6) is 0.667. The van der Waals surface area contributed by atoms with Crippen LogP contribution in [0.4, 0.5) is 0 Å². The molecule has 1 nitrogen and oxygen atoms in total. The summed E-state index contributed by atoms with van der Waals surface area (Å²) in [5, 5.41) is 3.64. The first kappa shape index (κ1) is 12.6. The Morgan fingerprint density at radius 2 is 1.94 bits per heavy atom. The third-order valence-corrected chi connectivity index (χ3v) is 4.33. The average Bonchev–Trinajstić information content (AvgIpc) is 3.16. The van der Waals surface area contributed by atoms with Crippen molar-refractivity contribution in [2.45, 2.75) is 45.4 Å². The van der Waals surface area contributed by atoms with Gasteiger partial charge in [0.15, 0.2) is 0 Å².